The SMILES string of the molecule is CCCc1nc(SC)c2ccccc2[n+]1C.[I-]. The first kappa shape index (κ1) is 14.7. The quantitative estimate of drug-likeness (QED) is 0.325. The van der Waals surface area contributed by atoms with Gasteiger partial charge in [0.05, 0.1) is 18.9 Å². The van der Waals surface area contributed by atoms with E-state index in [0.29, 0.717) is 0 Å². The Kier molecular flexibility index (Phi) is 5.66. The summed E-state index contributed by atoms with van der Waals surface area (Å²) in [7, 11) is 2.10. The van der Waals surface area contributed by atoms with Crippen LogP contribution in [0.4, 0.5) is 0 Å². The number of aromatic nitrogens is 2. The predicted molar refractivity (Wildman–Crippen MR) is 68.7 cm³/mol. The Hall–Kier alpha value is -0.360. The molecule has 0 aliphatic rings. The van der Waals surface area contributed by atoms with E-state index in [1.807, 2.05) is 0 Å². The van der Waals surface area contributed by atoms with Gasteiger partial charge in [-0.1, -0.05) is 30.8 Å². The molecule has 2 rings (SSSR count). The molecule has 0 atom stereocenters. The van der Waals surface area contributed by atoms with Gasteiger partial charge < -0.3 is 24.0 Å². The Labute approximate surface area is 124 Å². The highest BCUT2D eigenvalue weighted by molar-refractivity contribution is 7.98. The van der Waals surface area contributed by atoms with Crippen LogP contribution in [0.1, 0.15) is 19.2 Å². The Balaban J connectivity index is 0.00000144. The minimum atomic E-state index is 0. The van der Waals surface area contributed by atoms with E-state index >= 15 is 0 Å². The summed E-state index contributed by atoms with van der Waals surface area (Å²) in [5.41, 5.74) is 1.27. The molecule has 0 spiro atoms. The Morgan fingerprint density at radius 1 is 1.29 bits per heavy atom. The van der Waals surface area contributed by atoms with Crippen LogP contribution in [0, 0.1) is 0 Å². The molecule has 2 aromatic rings. The van der Waals surface area contributed by atoms with Gasteiger partial charge in [0.25, 0.3) is 5.82 Å². The number of nitrogens with zero attached hydrogens (tertiary/aromatic N) is 2. The fraction of sp³-hybridized carbons (Fsp3) is 0.385. The topological polar surface area (TPSA) is 16.8 Å². The van der Waals surface area contributed by atoms with Crippen LogP contribution in [0.3, 0.4) is 0 Å². The number of para-hydroxylation sites is 1. The van der Waals surface area contributed by atoms with Crippen molar-refractivity contribution < 1.29 is 28.5 Å². The molecule has 92 valence electrons. The van der Waals surface area contributed by atoms with Crippen molar-refractivity contribution in [3.05, 3.63) is 30.1 Å². The second kappa shape index (κ2) is 6.54. The summed E-state index contributed by atoms with van der Waals surface area (Å²) in [5, 5.41) is 2.38. The van der Waals surface area contributed by atoms with Crippen LogP contribution in [-0.2, 0) is 13.5 Å². The first-order valence-corrected chi connectivity index (χ1v) is 6.82. The molecule has 2 nitrogen and oxygen atoms in total. The molecule has 0 saturated carbocycles. The van der Waals surface area contributed by atoms with Crippen molar-refractivity contribution in [1.29, 1.82) is 0 Å². The van der Waals surface area contributed by atoms with E-state index in [1.165, 1.54) is 16.7 Å². The first-order chi connectivity index (χ1) is 7.77. The third-order valence-electron chi connectivity index (χ3n) is 2.78. The van der Waals surface area contributed by atoms with Crippen LogP contribution in [0.25, 0.3) is 10.9 Å². The fourth-order valence-electron chi connectivity index (χ4n) is 1.94. The van der Waals surface area contributed by atoms with E-state index in [1.54, 1.807) is 11.8 Å². The van der Waals surface area contributed by atoms with Crippen LogP contribution < -0.4 is 28.5 Å². The van der Waals surface area contributed by atoms with Crippen molar-refractivity contribution in [1.82, 2.24) is 4.98 Å². The molecule has 0 fully saturated rings. The smallest absolute Gasteiger partial charge is 0.300 e. The number of aryl methyl sites for hydroxylation is 2. The van der Waals surface area contributed by atoms with Crippen molar-refractivity contribution in [2.45, 2.75) is 24.8 Å². The van der Waals surface area contributed by atoms with E-state index < -0.39 is 0 Å². The van der Waals surface area contributed by atoms with Crippen molar-refractivity contribution in [3.8, 4) is 0 Å². The molecule has 0 unspecified atom stereocenters. The predicted octanol–water partition coefficient (Wildman–Crippen LogP) is -0.262. The summed E-state index contributed by atoms with van der Waals surface area (Å²) in [5.74, 6) is 1.17. The fourth-order valence-corrected chi connectivity index (χ4v) is 2.53. The van der Waals surface area contributed by atoms with Crippen LogP contribution in [0.5, 0.6) is 0 Å². The summed E-state index contributed by atoms with van der Waals surface area (Å²) in [6, 6.07) is 8.46. The van der Waals surface area contributed by atoms with E-state index in [9.17, 15) is 0 Å². The lowest BCUT2D eigenvalue weighted by Gasteiger charge is -2.04. The van der Waals surface area contributed by atoms with Crippen molar-refractivity contribution in [2.75, 3.05) is 6.26 Å². The maximum absolute atomic E-state index is 4.73. The molecular formula is C13H17IN2S. The van der Waals surface area contributed by atoms with Crippen molar-refractivity contribution in [3.63, 3.8) is 0 Å². The summed E-state index contributed by atoms with van der Waals surface area (Å²) in [4.78, 5) is 4.73. The van der Waals surface area contributed by atoms with Crippen LogP contribution in [0.15, 0.2) is 29.3 Å². The number of benzene rings is 1. The second-order valence-corrected chi connectivity index (χ2v) is 4.66. The normalized spacial score (nSPS) is 10.3. The van der Waals surface area contributed by atoms with E-state index in [2.05, 4.69) is 49.1 Å². The van der Waals surface area contributed by atoms with Crippen molar-refractivity contribution >= 4 is 22.7 Å². The van der Waals surface area contributed by atoms with Gasteiger partial charge in [0.15, 0.2) is 0 Å². The lowest BCUT2D eigenvalue weighted by atomic mass is 10.2. The monoisotopic (exact) mass is 360 g/mol. The Bertz CT molecular complexity index is 514. The second-order valence-electron chi connectivity index (χ2n) is 3.86. The molecule has 1 heterocycles. The maximum atomic E-state index is 4.73. The number of hydrogen-bond donors (Lipinski definition) is 0. The highest BCUT2D eigenvalue weighted by Gasteiger charge is 2.17. The lowest BCUT2D eigenvalue weighted by molar-refractivity contribution is -0.656. The standard InChI is InChI=1S/C13H17N2S.HI/c1-4-7-12-14-13(16-3)10-8-5-6-9-11(10)15(12)2;/h5-6,8-9H,4,7H2,1-3H3;1H/q+1;/p-1. The molecule has 0 saturated heterocycles. The minimum absolute atomic E-state index is 0. The van der Waals surface area contributed by atoms with Gasteiger partial charge in [-0.05, 0) is 29.8 Å². The van der Waals surface area contributed by atoms with Crippen molar-refractivity contribution in [2.24, 2.45) is 7.05 Å². The molecular weight excluding hydrogens is 343 g/mol. The molecule has 0 aliphatic carbocycles. The third-order valence-corrected chi connectivity index (χ3v) is 3.48. The van der Waals surface area contributed by atoms with E-state index in [4.69, 9.17) is 4.98 Å². The summed E-state index contributed by atoms with van der Waals surface area (Å²) in [6.07, 6.45) is 4.26. The number of rotatable bonds is 3. The molecule has 0 N–H and O–H groups in total. The Morgan fingerprint density at radius 3 is 2.65 bits per heavy atom. The summed E-state index contributed by atoms with van der Waals surface area (Å²) >= 11 is 1.72. The number of thioether (sulfide) groups is 1. The molecule has 0 bridgehead atoms. The molecule has 0 aliphatic heterocycles. The average Bonchev–Trinajstić information content (AvgIpc) is 2.33. The van der Waals surface area contributed by atoms with E-state index in [0.717, 1.165) is 17.9 Å². The van der Waals surface area contributed by atoms with Crippen LogP contribution in [0.2, 0.25) is 0 Å². The number of hydrogen-bond acceptors (Lipinski definition) is 2. The van der Waals surface area contributed by atoms with Gasteiger partial charge in [0, 0.05) is 0 Å². The average molecular weight is 360 g/mol. The molecule has 4 heteroatoms. The molecule has 1 aromatic carbocycles. The zero-order valence-electron chi connectivity index (χ0n) is 10.4. The number of fused-ring (bicyclic) bond motifs is 1. The van der Waals surface area contributed by atoms with Crippen LogP contribution >= 0.6 is 11.8 Å². The van der Waals surface area contributed by atoms with Gasteiger partial charge in [-0.3, -0.25) is 0 Å². The highest BCUT2D eigenvalue weighted by Crippen LogP contribution is 2.22. The summed E-state index contributed by atoms with van der Waals surface area (Å²) < 4.78 is 2.21. The molecule has 1 aromatic heterocycles. The lowest BCUT2D eigenvalue weighted by Crippen LogP contribution is -3.00. The highest BCUT2D eigenvalue weighted by atomic mass is 127. The Morgan fingerprint density at radius 2 is 2.00 bits per heavy atom. The third kappa shape index (κ3) is 2.91. The largest absolute Gasteiger partial charge is 1.00 e. The van der Waals surface area contributed by atoms with Gasteiger partial charge in [0.1, 0.15) is 5.52 Å². The first-order valence-electron chi connectivity index (χ1n) is 5.59. The maximum Gasteiger partial charge on any atom is 0.300 e. The van der Waals surface area contributed by atoms with Gasteiger partial charge >= 0.3 is 0 Å². The molecule has 17 heavy (non-hydrogen) atoms. The zero-order valence-corrected chi connectivity index (χ0v) is 13.4. The zero-order chi connectivity index (χ0) is 11.5. The van der Waals surface area contributed by atoms with Gasteiger partial charge in [-0.25, -0.2) is 4.57 Å². The minimum Gasteiger partial charge on any atom is -1.00 e. The van der Waals surface area contributed by atoms with Crippen LogP contribution in [-0.4, -0.2) is 11.2 Å². The summed E-state index contributed by atoms with van der Waals surface area (Å²) in [6.45, 7) is 2.19. The van der Waals surface area contributed by atoms with E-state index in [-0.39, 0.29) is 24.0 Å². The van der Waals surface area contributed by atoms with Gasteiger partial charge in [-0.15, -0.1) is 0 Å². The number of halogens is 1. The molecule has 0 radical (unpaired) electrons. The van der Waals surface area contributed by atoms with Gasteiger partial charge in [-0.2, -0.15) is 0 Å². The molecule has 0 amide bonds. The van der Waals surface area contributed by atoms with Gasteiger partial charge in [0.2, 0.25) is 5.03 Å².